The summed E-state index contributed by atoms with van der Waals surface area (Å²) < 4.78 is 5.07. The van der Waals surface area contributed by atoms with Crippen molar-refractivity contribution in [2.45, 2.75) is 26.2 Å². The third kappa shape index (κ3) is 4.06. The second kappa shape index (κ2) is 8.67. The Morgan fingerprint density at radius 1 is 1.19 bits per heavy atom. The first kappa shape index (κ1) is 19.6. The molecule has 0 radical (unpaired) electrons. The first-order valence-electron chi connectivity index (χ1n) is 9.59. The molecule has 0 aromatic heterocycles. The average molecular weight is 372 g/mol. The lowest BCUT2D eigenvalue weighted by molar-refractivity contribution is -0.137. The van der Waals surface area contributed by atoms with E-state index >= 15 is 0 Å². The van der Waals surface area contributed by atoms with Gasteiger partial charge in [-0.25, -0.2) is 0 Å². The van der Waals surface area contributed by atoms with Crippen LogP contribution in [-0.4, -0.2) is 66.7 Å². The molecule has 1 aromatic rings. The second-order valence-electron chi connectivity index (χ2n) is 7.33. The van der Waals surface area contributed by atoms with Crippen LogP contribution < -0.4 is 0 Å². The molecule has 1 saturated heterocycles. The fourth-order valence-corrected chi connectivity index (χ4v) is 3.82. The highest BCUT2D eigenvalue weighted by atomic mass is 16.5. The lowest BCUT2D eigenvalue weighted by Gasteiger charge is -2.34. The summed E-state index contributed by atoms with van der Waals surface area (Å²) >= 11 is 0. The van der Waals surface area contributed by atoms with E-state index in [-0.39, 0.29) is 24.3 Å². The maximum Gasteiger partial charge on any atom is 0.277 e. The number of piperidine rings is 1. The number of imide groups is 1. The molecule has 2 aliphatic heterocycles. The highest BCUT2D eigenvalue weighted by Gasteiger charge is 2.42. The van der Waals surface area contributed by atoms with Crippen LogP contribution in [0.4, 0.5) is 0 Å². The number of amides is 2. The van der Waals surface area contributed by atoms with Crippen molar-refractivity contribution in [3.8, 4) is 0 Å². The van der Waals surface area contributed by atoms with Gasteiger partial charge in [0.15, 0.2) is 0 Å². The Labute approximate surface area is 160 Å². The van der Waals surface area contributed by atoms with E-state index in [1.54, 1.807) is 7.11 Å². The lowest BCUT2D eigenvalue weighted by atomic mass is 9.96. The SMILES string of the molecule is COCCCN1C(=O)C(c2ccc(C)cc2)=C(N2CCCC(CO)C2)C1=O. The molecule has 1 aromatic carbocycles. The number of nitrogens with zero attached hydrogens (tertiary/aromatic N) is 2. The molecule has 6 nitrogen and oxygen atoms in total. The van der Waals surface area contributed by atoms with E-state index in [0.29, 0.717) is 37.4 Å². The van der Waals surface area contributed by atoms with Gasteiger partial charge in [0.2, 0.25) is 0 Å². The minimum atomic E-state index is -0.235. The molecule has 1 unspecified atom stereocenters. The highest BCUT2D eigenvalue weighted by molar-refractivity contribution is 6.35. The van der Waals surface area contributed by atoms with Gasteiger partial charge in [0.1, 0.15) is 5.70 Å². The van der Waals surface area contributed by atoms with Gasteiger partial charge in [0.25, 0.3) is 11.8 Å². The zero-order valence-corrected chi connectivity index (χ0v) is 16.1. The largest absolute Gasteiger partial charge is 0.396 e. The Balaban J connectivity index is 1.97. The summed E-state index contributed by atoms with van der Waals surface area (Å²) in [5.41, 5.74) is 2.85. The van der Waals surface area contributed by atoms with E-state index in [1.807, 2.05) is 36.1 Å². The summed E-state index contributed by atoms with van der Waals surface area (Å²) in [6.45, 7) is 4.28. The monoisotopic (exact) mass is 372 g/mol. The number of benzene rings is 1. The van der Waals surface area contributed by atoms with Crippen LogP contribution in [0.15, 0.2) is 30.0 Å². The third-order valence-corrected chi connectivity index (χ3v) is 5.31. The normalized spacial score (nSPS) is 20.8. The number of aliphatic hydroxyl groups excluding tert-OH is 1. The zero-order valence-electron chi connectivity index (χ0n) is 16.1. The minimum Gasteiger partial charge on any atom is -0.396 e. The average Bonchev–Trinajstić information content (AvgIpc) is 2.93. The number of likely N-dealkylation sites (tertiary alicyclic amines) is 1. The van der Waals surface area contributed by atoms with E-state index in [9.17, 15) is 14.7 Å². The summed E-state index contributed by atoms with van der Waals surface area (Å²) in [5, 5.41) is 9.56. The van der Waals surface area contributed by atoms with E-state index in [2.05, 4.69) is 0 Å². The van der Waals surface area contributed by atoms with Crippen molar-refractivity contribution in [2.75, 3.05) is 40.0 Å². The van der Waals surface area contributed by atoms with Gasteiger partial charge in [0, 0.05) is 40.0 Å². The fourth-order valence-electron chi connectivity index (χ4n) is 3.82. The predicted octanol–water partition coefficient (Wildman–Crippen LogP) is 1.82. The second-order valence-corrected chi connectivity index (χ2v) is 7.33. The number of rotatable bonds is 7. The van der Waals surface area contributed by atoms with Gasteiger partial charge < -0.3 is 14.7 Å². The van der Waals surface area contributed by atoms with Crippen molar-refractivity contribution in [1.29, 1.82) is 0 Å². The maximum absolute atomic E-state index is 13.2. The first-order valence-corrected chi connectivity index (χ1v) is 9.59. The Morgan fingerprint density at radius 2 is 1.93 bits per heavy atom. The number of aryl methyl sites for hydroxylation is 1. The van der Waals surface area contributed by atoms with Crippen LogP contribution in [-0.2, 0) is 14.3 Å². The van der Waals surface area contributed by atoms with E-state index in [4.69, 9.17) is 4.74 Å². The molecule has 0 aliphatic carbocycles. The Bertz CT molecular complexity index is 726. The molecule has 0 bridgehead atoms. The predicted molar refractivity (Wildman–Crippen MR) is 103 cm³/mol. The van der Waals surface area contributed by atoms with Gasteiger partial charge in [-0.3, -0.25) is 14.5 Å². The number of hydrogen-bond donors (Lipinski definition) is 1. The third-order valence-electron chi connectivity index (χ3n) is 5.31. The van der Waals surface area contributed by atoms with Crippen LogP contribution in [0.3, 0.4) is 0 Å². The molecule has 1 N–H and O–H groups in total. The summed E-state index contributed by atoms with van der Waals surface area (Å²) in [4.78, 5) is 29.6. The number of carbonyl (C=O) groups is 2. The number of aliphatic hydroxyl groups is 1. The molecular formula is C21H28N2O4. The Morgan fingerprint density at radius 3 is 2.59 bits per heavy atom. The van der Waals surface area contributed by atoms with E-state index in [0.717, 1.165) is 30.5 Å². The Hall–Kier alpha value is -2.18. The number of ether oxygens (including phenoxy) is 1. The van der Waals surface area contributed by atoms with Gasteiger partial charge in [-0.2, -0.15) is 0 Å². The lowest BCUT2D eigenvalue weighted by Crippen LogP contribution is -2.40. The van der Waals surface area contributed by atoms with Gasteiger partial charge >= 0.3 is 0 Å². The minimum absolute atomic E-state index is 0.101. The maximum atomic E-state index is 13.2. The van der Waals surface area contributed by atoms with Crippen LogP contribution in [0.5, 0.6) is 0 Å². The van der Waals surface area contributed by atoms with Crippen molar-refractivity contribution in [2.24, 2.45) is 5.92 Å². The molecule has 2 aliphatic rings. The molecule has 0 spiro atoms. The molecule has 27 heavy (non-hydrogen) atoms. The van der Waals surface area contributed by atoms with Crippen LogP contribution in [0.2, 0.25) is 0 Å². The van der Waals surface area contributed by atoms with E-state index in [1.165, 1.54) is 4.90 Å². The van der Waals surface area contributed by atoms with Gasteiger partial charge in [-0.15, -0.1) is 0 Å². The molecular weight excluding hydrogens is 344 g/mol. The quantitative estimate of drug-likeness (QED) is 0.584. The summed E-state index contributed by atoms with van der Waals surface area (Å²) in [6, 6.07) is 7.72. The number of hydrogen-bond acceptors (Lipinski definition) is 5. The van der Waals surface area contributed by atoms with Crippen LogP contribution >= 0.6 is 0 Å². The summed E-state index contributed by atoms with van der Waals surface area (Å²) in [6.07, 6.45) is 2.46. The smallest absolute Gasteiger partial charge is 0.277 e. The highest BCUT2D eigenvalue weighted by Crippen LogP contribution is 2.34. The van der Waals surface area contributed by atoms with Crippen molar-refractivity contribution in [3.63, 3.8) is 0 Å². The molecule has 0 saturated carbocycles. The molecule has 1 atom stereocenters. The Kier molecular flexibility index (Phi) is 6.29. The topological polar surface area (TPSA) is 70.1 Å². The molecule has 2 amide bonds. The molecule has 3 rings (SSSR count). The molecule has 2 heterocycles. The standard InChI is InChI=1S/C21H28N2O4/c1-15-6-8-17(9-7-15)18-19(22-10-3-5-16(13-22)14-24)21(26)23(20(18)25)11-4-12-27-2/h6-9,16,24H,3-5,10-14H2,1-2H3. The van der Waals surface area contributed by atoms with Gasteiger partial charge in [-0.05, 0) is 37.7 Å². The summed E-state index contributed by atoms with van der Waals surface area (Å²) in [5.74, 6) is -0.331. The zero-order chi connectivity index (χ0) is 19.4. The van der Waals surface area contributed by atoms with Crippen LogP contribution in [0.1, 0.15) is 30.4 Å². The van der Waals surface area contributed by atoms with Crippen LogP contribution in [0.25, 0.3) is 5.57 Å². The number of methoxy groups -OCH3 is 1. The molecule has 146 valence electrons. The summed E-state index contributed by atoms with van der Waals surface area (Å²) in [7, 11) is 1.61. The van der Waals surface area contributed by atoms with Crippen molar-refractivity contribution >= 4 is 17.4 Å². The van der Waals surface area contributed by atoms with Crippen LogP contribution in [0, 0.1) is 12.8 Å². The van der Waals surface area contributed by atoms with Crippen molar-refractivity contribution in [1.82, 2.24) is 9.80 Å². The van der Waals surface area contributed by atoms with Crippen molar-refractivity contribution < 1.29 is 19.4 Å². The van der Waals surface area contributed by atoms with E-state index < -0.39 is 0 Å². The molecule has 6 heteroatoms. The van der Waals surface area contributed by atoms with Gasteiger partial charge in [0.05, 0.1) is 5.57 Å². The van der Waals surface area contributed by atoms with Crippen molar-refractivity contribution in [3.05, 3.63) is 41.1 Å². The number of carbonyl (C=O) groups excluding carboxylic acids is 2. The molecule has 1 fully saturated rings. The first-order chi connectivity index (χ1) is 13.1. The fraction of sp³-hybridized carbons (Fsp3) is 0.524. The van der Waals surface area contributed by atoms with Gasteiger partial charge in [-0.1, -0.05) is 29.8 Å².